The van der Waals surface area contributed by atoms with E-state index in [1.165, 1.54) is 30.2 Å². The molecule has 0 fully saturated rings. The number of carbonyl (C=O) groups is 1. The fourth-order valence-electron chi connectivity index (χ4n) is 3.09. The number of urea groups is 1. The van der Waals surface area contributed by atoms with Crippen LogP contribution >= 0.6 is 0 Å². The topological polar surface area (TPSA) is 50.8 Å². The molecule has 27 heavy (non-hydrogen) atoms. The first-order valence-corrected chi connectivity index (χ1v) is 8.29. The molecule has 0 unspecified atom stereocenters. The van der Waals surface area contributed by atoms with Crippen LogP contribution in [0.4, 0.5) is 23.7 Å². The number of nitrogens with one attached hydrogen (secondary N) is 1. The van der Waals surface area contributed by atoms with Crippen molar-refractivity contribution in [3.05, 3.63) is 53.1 Å². The number of amides is 2. The van der Waals surface area contributed by atoms with Gasteiger partial charge in [0.25, 0.3) is 0 Å². The summed E-state index contributed by atoms with van der Waals surface area (Å²) in [6, 6.07) is 8.00. The SMILES string of the molecule is COc1cc2c(cc1OC)CN(C(=O)Nc1ccccc1C(F)(F)F)CC2. The minimum absolute atomic E-state index is 0.256. The number of ether oxygens (including phenoxy) is 2. The molecule has 1 N–H and O–H groups in total. The van der Waals surface area contributed by atoms with Crippen molar-refractivity contribution >= 4 is 11.7 Å². The summed E-state index contributed by atoms with van der Waals surface area (Å²) in [5, 5.41) is 2.38. The number of hydrogen-bond acceptors (Lipinski definition) is 3. The van der Waals surface area contributed by atoms with Crippen molar-refractivity contribution in [2.24, 2.45) is 0 Å². The molecule has 0 saturated heterocycles. The molecule has 0 spiro atoms. The van der Waals surface area contributed by atoms with Crippen molar-refractivity contribution < 1.29 is 27.4 Å². The molecular formula is C19H19F3N2O3. The Morgan fingerprint density at radius 1 is 1.07 bits per heavy atom. The van der Waals surface area contributed by atoms with Crippen LogP contribution in [0.25, 0.3) is 0 Å². The van der Waals surface area contributed by atoms with Crippen molar-refractivity contribution in [2.45, 2.75) is 19.1 Å². The van der Waals surface area contributed by atoms with Gasteiger partial charge in [0.1, 0.15) is 0 Å². The van der Waals surface area contributed by atoms with Crippen LogP contribution in [0.1, 0.15) is 16.7 Å². The lowest BCUT2D eigenvalue weighted by Gasteiger charge is -2.30. The largest absolute Gasteiger partial charge is 0.493 e. The highest BCUT2D eigenvalue weighted by Gasteiger charge is 2.34. The molecule has 3 rings (SSSR count). The fraction of sp³-hybridized carbons (Fsp3) is 0.316. The predicted molar refractivity (Wildman–Crippen MR) is 94.1 cm³/mol. The Labute approximate surface area is 154 Å². The van der Waals surface area contributed by atoms with E-state index in [0.717, 1.165) is 17.2 Å². The molecule has 1 heterocycles. The lowest BCUT2D eigenvalue weighted by atomic mass is 9.99. The van der Waals surface area contributed by atoms with E-state index < -0.39 is 17.8 Å². The quantitative estimate of drug-likeness (QED) is 0.863. The highest BCUT2D eigenvalue weighted by molar-refractivity contribution is 5.90. The van der Waals surface area contributed by atoms with Crippen molar-refractivity contribution in [3.63, 3.8) is 0 Å². The third-order valence-electron chi connectivity index (χ3n) is 4.48. The number of fused-ring (bicyclic) bond motifs is 1. The zero-order valence-corrected chi connectivity index (χ0v) is 14.9. The normalized spacial score (nSPS) is 13.7. The van der Waals surface area contributed by atoms with Gasteiger partial charge in [-0.15, -0.1) is 0 Å². The number of para-hydroxylation sites is 1. The van der Waals surface area contributed by atoms with Crippen molar-refractivity contribution in [2.75, 3.05) is 26.1 Å². The molecule has 2 aromatic carbocycles. The number of nitrogens with zero attached hydrogens (tertiary/aromatic N) is 1. The lowest BCUT2D eigenvalue weighted by molar-refractivity contribution is -0.136. The number of rotatable bonds is 3. The van der Waals surface area contributed by atoms with Gasteiger partial charge in [0.05, 0.1) is 25.5 Å². The van der Waals surface area contributed by atoms with E-state index in [2.05, 4.69) is 5.32 Å². The summed E-state index contributed by atoms with van der Waals surface area (Å²) >= 11 is 0. The second kappa shape index (κ2) is 7.38. The number of methoxy groups -OCH3 is 2. The number of anilines is 1. The van der Waals surface area contributed by atoms with Gasteiger partial charge >= 0.3 is 12.2 Å². The summed E-state index contributed by atoms with van der Waals surface area (Å²) in [5.41, 5.74) is 0.765. The van der Waals surface area contributed by atoms with E-state index >= 15 is 0 Å². The summed E-state index contributed by atoms with van der Waals surface area (Å²) in [6.45, 7) is 0.665. The maximum atomic E-state index is 13.1. The Hall–Kier alpha value is -2.90. The molecule has 5 nitrogen and oxygen atoms in total. The van der Waals surface area contributed by atoms with Gasteiger partial charge in [-0.05, 0) is 41.8 Å². The van der Waals surface area contributed by atoms with Crippen LogP contribution in [0, 0.1) is 0 Å². The molecule has 0 saturated carbocycles. The molecule has 0 radical (unpaired) electrons. The van der Waals surface area contributed by atoms with Gasteiger partial charge in [-0.3, -0.25) is 0 Å². The molecule has 2 aromatic rings. The van der Waals surface area contributed by atoms with Crippen LogP contribution in [0.3, 0.4) is 0 Å². The van der Waals surface area contributed by atoms with E-state index in [9.17, 15) is 18.0 Å². The number of benzene rings is 2. The van der Waals surface area contributed by atoms with Gasteiger partial charge in [0, 0.05) is 13.1 Å². The summed E-state index contributed by atoms with van der Waals surface area (Å²) in [4.78, 5) is 14.0. The van der Waals surface area contributed by atoms with Crippen LogP contribution in [-0.2, 0) is 19.1 Å². The Morgan fingerprint density at radius 3 is 2.33 bits per heavy atom. The number of hydrogen-bond donors (Lipinski definition) is 1. The first kappa shape index (κ1) is 18.9. The van der Waals surface area contributed by atoms with Gasteiger partial charge < -0.3 is 19.7 Å². The van der Waals surface area contributed by atoms with Crippen LogP contribution < -0.4 is 14.8 Å². The third-order valence-corrected chi connectivity index (χ3v) is 4.48. The lowest BCUT2D eigenvalue weighted by Crippen LogP contribution is -2.39. The second-order valence-electron chi connectivity index (χ2n) is 6.12. The van der Waals surface area contributed by atoms with E-state index in [0.29, 0.717) is 24.5 Å². The Kier molecular flexibility index (Phi) is 5.16. The fourth-order valence-corrected chi connectivity index (χ4v) is 3.09. The molecule has 144 valence electrons. The van der Waals surface area contributed by atoms with Crippen molar-refractivity contribution in [1.29, 1.82) is 0 Å². The molecule has 0 aromatic heterocycles. The molecule has 8 heteroatoms. The highest BCUT2D eigenvalue weighted by Crippen LogP contribution is 2.36. The molecule has 2 amide bonds. The van der Waals surface area contributed by atoms with E-state index in [1.807, 2.05) is 6.07 Å². The molecular weight excluding hydrogens is 361 g/mol. The number of carbonyl (C=O) groups excluding carboxylic acids is 1. The summed E-state index contributed by atoms with van der Waals surface area (Å²) < 4.78 is 49.9. The highest BCUT2D eigenvalue weighted by atomic mass is 19.4. The van der Waals surface area contributed by atoms with Crippen LogP contribution in [0.5, 0.6) is 11.5 Å². The molecule has 1 aliphatic rings. The minimum Gasteiger partial charge on any atom is -0.493 e. The maximum absolute atomic E-state index is 13.1. The number of alkyl halides is 3. The first-order valence-electron chi connectivity index (χ1n) is 8.29. The van der Waals surface area contributed by atoms with Gasteiger partial charge in [-0.1, -0.05) is 12.1 Å². The van der Waals surface area contributed by atoms with Crippen LogP contribution in [0.2, 0.25) is 0 Å². The second-order valence-corrected chi connectivity index (χ2v) is 6.12. The van der Waals surface area contributed by atoms with Gasteiger partial charge in [-0.2, -0.15) is 13.2 Å². The zero-order valence-electron chi connectivity index (χ0n) is 14.9. The van der Waals surface area contributed by atoms with Crippen molar-refractivity contribution in [1.82, 2.24) is 4.90 Å². The monoisotopic (exact) mass is 380 g/mol. The van der Waals surface area contributed by atoms with Gasteiger partial charge in [-0.25, -0.2) is 4.79 Å². The third kappa shape index (κ3) is 3.94. The zero-order chi connectivity index (χ0) is 19.6. The van der Waals surface area contributed by atoms with Crippen molar-refractivity contribution in [3.8, 4) is 11.5 Å². The Balaban J connectivity index is 1.79. The standard InChI is InChI=1S/C19H19F3N2O3/c1-26-16-9-12-7-8-24(11-13(12)10-17(16)27-2)18(25)23-15-6-4-3-5-14(15)19(20,21)22/h3-6,9-10H,7-8,11H2,1-2H3,(H,23,25). The van der Waals surface area contributed by atoms with Crippen LogP contribution in [-0.4, -0.2) is 31.7 Å². The first-order chi connectivity index (χ1) is 12.8. The van der Waals surface area contributed by atoms with Gasteiger partial charge in [0.15, 0.2) is 11.5 Å². The smallest absolute Gasteiger partial charge is 0.418 e. The minimum atomic E-state index is -4.54. The average molecular weight is 380 g/mol. The van der Waals surface area contributed by atoms with Gasteiger partial charge in [0.2, 0.25) is 0 Å². The molecule has 1 aliphatic heterocycles. The Morgan fingerprint density at radius 2 is 1.70 bits per heavy atom. The Bertz CT molecular complexity index is 853. The maximum Gasteiger partial charge on any atom is 0.418 e. The van der Waals surface area contributed by atoms with E-state index in [4.69, 9.17) is 9.47 Å². The summed E-state index contributed by atoms with van der Waals surface area (Å²) in [7, 11) is 3.07. The summed E-state index contributed by atoms with van der Waals surface area (Å²) in [6.07, 6.45) is -3.97. The van der Waals surface area contributed by atoms with E-state index in [1.54, 1.807) is 13.2 Å². The average Bonchev–Trinajstić information content (AvgIpc) is 2.65. The summed E-state index contributed by atoms with van der Waals surface area (Å²) in [5.74, 6) is 1.15. The van der Waals surface area contributed by atoms with E-state index in [-0.39, 0.29) is 12.2 Å². The molecule has 0 bridgehead atoms. The van der Waals surface area contributed by atoms with Crippen LogP contribution in [0.15, 0.2) is 36.4 Å². The molecule has 0 aliphatic carbocycles. The predicted octanol–water partition coefficient (Wildman–Crippen LogP) is 4.31. The molecule has 0 atom stereocenters. The number of halogens is 3.